The van der Waals surface area contributed by atoms with Crippen LogP contribution in [-0.2, 0) is 24.3 Å². The molecule has 1 amide bonds. The van der Waals surface area contributed by atoms with Crippen LogP contribution in [0.1, 0.15) is 59.8 Å². The minimum atomic E-state index is 0.0875. The predicted octanol–water partition coefficient (Wildman–Crippen LogP) is 3.00. The van der Waals surface area contributed by atoms with Crippen LogP contribution in [0.3, 0.4) is 0 Å². The van der Waals surface area contributed by atoms with E-state index in [2.05, 4.69) is 33.5 Å². The van der Waals surface area contributed by atoms with Gasteiger partial charge in [-0.3, -0.25) is 13.9 Å². The van der Waals surface area contributed by atoms with Gasteiger partial charge in [0.15, 0.2) is 0 Å². The zero-order valence-corrected chi connectivity index (χ0v) is 19.0. The fraction of sp³-hybridized carbons (Fsp3) is 0.360. The van der Waals surface area contributed by atoms with Crippen molar-refractivity contribution in [3.05, 3.63) is 65.0 Å². The van der Waals surface area contributed by atoms with Crippen molar-refractivity contribution < 1.29 is 4.79 Å². The third kappa shape index (κ3) is 3.07. The van der Waals surface area contributed by atoms with Gasteiger partial charge in [-0.15, -0.1) is 5.10 Å². The smallest absolute Gasteiger partial charge is 0.234 e. The molecule has 1 fully saturated rings. The largest absolute Gasteiger partial charge is 0.340 e. The summed E-state index contributed by atoms with van der Waals surface area (Å²) in [6.45, 7) is 1.11. The topological polar surface area (TPSA) is 94.1 Å². The van der Waals surface area contributed by atoms with Crippen LogP contribution in [0, 0.1) is 0 Å². The summed E-state index contributed by atoms with van der Waals surface area (Å²) < 4.78 is 3.96. The number of allylic oxidation sites excluding steroid dienone is 1. The summed E-state index contributed by atoms with van der Waals surface area (Å²) >= 11 is 0. The molecule has 4 aromatic heterocycles. The molecular weight excluding hydrogens is 428 g/mol. The Bertz CT molecular complexity index is 1490. The van der Waals surface area contributed by atoms with Crippen molar-refractivity contribution in [2.24, 2.45) is 0 Å². The van der Waals surface area contributed by atoms with Crippen LogP contribution in [0.25, 0.3) is 22.7 Å². The molecule has 0 atom stereocenters. The van der Waals surface area contributed by atoms with Gasteiger partial charge in [0.1, 0.15) is 5.69 Å². The zero-order chi connectivity index (χ0) is 22.8. The highest BCUT2D eigenvalue weighted by atomic mass is 16.2. The Morgan fingerprint density at radius 2 is 2.03 bits per heavy atom. The first-order chi connectivity index (χ1) is 16.7. The maximum absolute atomic E-state index is 12.9. The van der Waals surface area contributed by atoms with Gasteiger partial charge in [0.25, 0.3) is 0 Å². The van der Waals surface area contributed by atoms with Crippen molar-refractivity contribution in [3.63, 3.8) is 0 Å². The quantitative estimate of drug-likeness (QED) is 0.441. The molecule has 9 nitrogen and oxygen atoms in total. The molecule has 2 aliphatic carbocycles. The van der Waals surface area contributed by atoms with Crippen LogP contribution in [0.2, 0.25) is 0 Å². The van der Waals surface area contributed by atoms with E-state index in [9.17, 15) is 4.79 Å². The molecule has 9 heteroatoms. The van der Waals surface area contributed by atoms with Gasteiger partial charge in [-0.1, -0.05) is 6.08 Å². The van der Waals surface area contributed by atoms with Crippen LogP contribution in [0.15, 0.2) is 36.8 Å². The normalized spacial score (nSPS) is 18.0. The summed E-state index contributed by atoms with van der Waals surface area (Å²) in [7, 11) is 1.83. The highest BCUT2D eigenvalue weighted by molar-refractivity contribution is 5.86. The lowest BCUT2D eigenvalue weighted by atomic mass is 9.99. The lowest BCUT2D eigenvalue weighted by molar-refractivity contribution is -0.130. The number of hydrogen-bond donors (Lipinski definition) is 0. The summed E-state index contributed by atoms with van der Waals surface area (Å²) in [6.07, 6.45) is 12.4. The molecule has 0 spiro atoms. The highest BCUT2D eigenvalue weighted by Crippen LogP contribution is 2.45. The van der Waals surface area contributed by atoms with E-state index in [-0.39, 0.29) is 5.91 Å². The Labute approximate surface area is 196 Å². The molecule has 1 aliphatic heterocycles. The first kappa shape index (κ1) is 19.6. The molecule has 4 bridgehead atoms. The second-order valence-electron chi connectivity index (χ2n) is 9.43. The second-order valence-corrected chi connectivity index (χ2v) is 9.43. The number of fused-ring (bicyclic) bond motifs is 8. The van der Waals surface area contributed by atoms with Crippen LogP contribution < -0.4 is 0 Å². The van der Waals surface area contributed by atoms with Gasteiger partial charge in [-0.05, 0) is 37.0 Å². The number of aryl methyl sites for hydroxylation is 1. The Balaban J connectivity index is 1.44. The highest BCUT2D eigenvalue weighted by Gasteiger charge is 2.33. The standard InChI is InChI=1S/C25H24N8O/c1-31-14-21-24(33-11-3-9-26-25(33)27-21)20-12-17-16(7-8-19(17)28-29-20)18-13-32(10-2-4-22(31)34)30-23(18)15-5-6-15/h3,7,9,11-13,15H,2,4-6,8,10,14H2,1H3. The van der Waals surface area contributed by atoms with Crippen LogP contribution in [0.5, 0.6) is 0 Å². The van der Waals surface area contributed by atoms with Crippen molar-refractivity contribution in [2.45, 2.75) is 51.1 Å². The van der Waals surface area contributed by atoms with Crippen LogP contribution in [0.4, 0.5) is 0 Å². The fourth-order valence-electron chi connectivity index (χ4n) is 5.11. The molecular formula is C25H24N8O. The van der Waals surface area contributed by atoms with E-state index < -0.39 is 0 Å². The molecule has 1 saturated carbocycles. The van der Waals surface area contributed by atoms with Gasteiger partial charge in [0, 0.05) is 62.1 Å². The Hall–Kier alpha value is -3.88. The minimum absolute atomic E-state index is 0.0875. The number of carbonyl (C=O) groups excluding carboxylic acids is 1. The number of rotatable bonds is 1. The zero-order valence-electron chi connectivity index (χ0n) is 19.0. The summed E-state index contributed by atoms with van der Waals surface area (Å²) in [4.78, 5) is 23.8. The summed E-state index contributed by atoms with van der Waals surface area (Å²) in [5, 5.41) is 14.2. The van der Waals surface area contributed by atoms with E-state index >= 15 is 0 Å². The predicted molar refractivity (Wildman–Crippen MR) is 125 cm³/mol. The van der Waals surface area contributed by atoms with Gasteiger partial charge >= 0.3 is 0 Å². The van der Waals surface area contributed by atoms with E-state index in [0.717, 1.165) is 47.7 Å². The average molecular weight is 453 g/mol. The third-order valence-electron chi connectivity index (χ3n) is 7.01. The molecule has 0 saturated heterocycles. The van der Waals surface area contributed by atoms with Crippen molar-refractivity contribution >= 4 is 17.3 Å². The van der Waals surface area contributed by atoms with E-state index in [1.165, 1.54) is 29.7 Å². The minimum Gasteiger partial charge on any atom is -0.340 e. The van der Waals surface area contributed by atoms with E-state index in [1.807, 2.05) is 28.4 Å². The van der Waals surface area contributed by atoms with E-state index in [0.29, 0.717) is 24.7 Å². The molecule has 7 rings (SSSR count). The maximum Gasteiger partial charge on any atom is 0.234 e. The van der Waals surface area contributed by atoms with Gasteiger partial charge in [-0.25, -0.2) is 9.97 Å². The Morgan fingerprint density at radius 1 is 1.12 bits per heavy atom. The van der Waals surface area contributed by atoms with Crippen LogP contribution in [-0.4, -0.2) is 52.2 Å². The third-order valence-corrected chi connectivity index (χ3v) is 7.01. The SMILES string of the molecule is CN1Cc2nc3ncccn3c2-c2cc3c(nn2)CC=C3c2cn(nc2C2CC2)CCCC1=O. The average Bonchev–Trinajstić information content (AvgIpc) is 3.31. The number of hydrogen-bond acceptors (Lipinski definition) is 6. The first-order valence-electron chi connectivity index (χ1n) is 11.9. The fourth-order valence-corrected chi connectivity index (χ4v) is 5.11. The molecule has 0 aromatic carbocycles. The monoisotopic (exact) mass is 452 g/mol. The molecule has 0 unspecified atom stereocenters. The second kappa shape index (κ2) is 7.31. The van der Waals surface area contributed by atoms with Gasteiger partial charge in [0.05, 0.1) is 29.3 Å². The molecule has 4 aromatic rings. The number of amides is 1. The summed E-state index contributed by atoms with van der Waals surface area (Å²) in [6, 6.07) is 4.00. The van der Waals surface area contributed by atoms with Crippen molar-refractivity contribution in [2.75, 3.05) is 7.05 Å². The Morgan fingerprint density at radius 3 is 2.91 bits per heavy atom. The molecule has 3 aliphatic rings. The molecule has 0 N–H and O–H groups in total. The van der Waals surface area contributed by atoms with Gasteiger partial charge in [0.2, 0.25) is 11.7 Å². The van der Waals surface area contributed by atoms with Crippen molar-refractivity contribution in [1.29, 1.82) is 0 Å². The lowest BCUT2D eigenvalue weighted by Gasteiger charge is -2.17. The lowest BCUT2D eigenvalue weighted by Crippen LogP contribution is -2.26. The van der Waals surface area contributed by atoms with Crippen molar-refractivity contribution in [3.8, 4) is 11.4 Å². The van der Waals surface area contributed by atoms with E-state index in [1.54, 1.807) is 11.1 Å². The first-order valence-corrected chi connectivity index (χ1v) is 11.9. The summed E-state index contributed by atoms with van der Waals surface area (Å²) in [5.74, 6) is 1.20. The summed E-state index contributed by atoms with van der Waals surface area (Å²) in [5.41, 5.74) is 7.98. The number of nitrogens with zero attached hydrogens (tertiary/aromatic N) is 8. The number of imidazole rings is 1. The molecule has 170 valence electrons. The number of aromatic nitrogens is 7. The van der Waals surface area contributed by atoms with Crippen LogP contribution >= 0.6 is 0 Å². The number of carbonyl (C=O) groups is 1. The van der Waals surface area contributed by atoms with Gasteiger partial charge < -0.3 is 4.90 Å². The molecule has 5 heterocycles. The van der Waals surface area contributed by atoms with Gasteiger partial charge in [-0.2, -0.15) is 10.2 Å². The maximum atomic E-state index is 12.9. The van der Waals surface area contributed by atoms with E-state index in [4.69, 9.17) is 10.1 Å². The molecule has 34 heavy (non-hydrogen) atoms. The Kier molecular flexibility index (Phi) is 4.21. The molecule has 0 radical (unpaired) electrons. The van der Waals surface area contributed by atoms with Crippen molar-refractivity contribution in [1.82, 2.24) is 39.2 Å².